The van der Waals surface area contributed by atoms with Gasteiger partial charge in [0.25, 0.3) is 0 Å². The van der Waals surface area contributed by atoms with E-state index in [4.69, 9.17) is 70.1 Å². The molecule has 16 aromatic carbocycles. The zero-order chi connectivity index (χ0) is 94.1. The highest BCUT2D eigenvalue weighted by Crippen LogP contribution is 2.47. The highest BCUT2D eigenvalue weighted by Gasteiger charge is 2.32. The molecule has 0 aliphatic carbocycles. The summed E-state index contributed by atoms with van der Waals surface area (Å²) in [5, 5.41) is 83.1. The van der Waals surface area contributed by atoms with E-state index in [1.165, 1.54) is 6.07 Å². The van der Waals surface area contributed by atoms with E-state index < -0.39 is 47.3 Å². The summed E-state index contributed by atoms with van der Waals surface area (Å²) in [5.74, 6) is -3.76. The fourth-order valence-electron chi connectivity index (χ4n) is 13.0. The van der Waals surface area contributed by atoms with E-state index in [1.54, 1.807) is 220 Å². The van der Waals surface area contributed by atoms with Crippen LogP contribution in [-0.4, -0.2) is 56.4 Å². The average molecular weight is 1850 g/mol. The van der Waals surface area contributed by atoms with Crippen LogP contribution >= 0.6 is 46.4 Å². The first-order chi connectivity index (χ1) is 63.2. The second kappa shape index (κ2) is 42.1. The molecule has 22 nitrogen and oxygen atoms in total. The lowest BCUT2D eigenvalue weighted by molar-refractivity contribution is -0.137. The molecule has 29 heteroatoms. The molecule has 0 spiro atoms. The standard InChI is InChI=1S/C32H32N2O5.C24H16Cl2N2O3.C24H14ClF3N2O3.C23H15ClN2O3/c1-19(2)38-30(36)22-12-11-20(3)27(18-22)33-34-28-25-10-8-7-9-21(25)17-26(29(28)35)31(37)39-24-15-13-23(14-16-24)32(4,5)6;1-14-10-11-16(25)13-20(14)27-28-22-17-7-3-2-6-15(17)12-18(23(22)29)24(30)31-21-9-5-4-8-19(21)26;25-19-11-10-15(24(26,27)28)13-20(19)29-30-21-17-9-5-4-6-14(17)12-18(22(21)31)23(32)33-16-7-2-1-3-8-16;24-19-12-6-7-13-20(19)25-26-21-17-11-5-4-8-15(17)14-18(22(21)27)23(28)29-16-9-2-1-3-10-16/h7-19,35H,1-6H3;2-13,29H,1H3;1-13,31H;1-14,27H. The summed E-state index contributed by atoms with van der Waals surface area (Å²) < 4.78 is 66.1. The van der Waals surface area contributed by atoms with Crippen LogP contribution < -0.4 is 18.9 Å². The summed E-state index contributed by atoms with van der Waals surface area (Å²) in [6, 6.07) is 85.3. The highest BCUT2D eigenvalue weighted by atomic mass is 35.5. The number of esters is 5. The van der Waals surface area contributed by atoms with Crippen LogP contribution in [0.15, 0.2) is 350 Å². The third-order valence-electron chi connectivity index (χ3n) is 19.9. The Bertz CT molecular complexity index is 7200. The minimum absolute atomic E-state index is 0.000613. The number of aromatic hydroxyl groups is 4. The Kier molecular flexibility index (Phi) is 30.0. The number of azo groups is 4. The molecule has 132 heavy (non-hydrogen) atoms. The molecule has 16 aromatic rings. The van der Waals surface area contributed by atoms with Crippen molar-refractivity contribution in [1.82, 2.24) is 0 Å². The molecule has 0 aliphatic heterocycles. The lowest BCUT2D eigenvalue weighted by atomic mass is 9.87. The molecular weight excluding hydrogens is 1770 g/mol. The first-order valence-corrected chi connectivity index (χ1v) is 41.9. The zero-order valence-corrected chi connectivity index (χ0v) is 74.1. The first kappa shape index (κ1) is 94.1. The normalized spacial score (nSPS) is 11.5. The molecule has 0 aliphatic rings. The molecule has 0 atom stereocenters. The van der Waals surface area contributed by atoms with Crippen LogP contribution in [0.3, 0.4) is 0 Å². The van der Waals surface area contributed by atoms with Crippen LogP contribution in [0.2, 0.25) is 20.1 Å². The first-order valence-electron chi connectivity index (χ1n) is 40.4. The van der Waals surface area contributed by atoms with Crippen molar-refractivity contribution >= 4 is 165 Å². The SMILES string of the molecule is Cc1ccc(C(=O)OC(C)C)cc1N=Nc1c(O)c(C(=O)Oc2ccc(C(C)(C)C)cc2)cc2ccccc12.Cc1ccc(Cl)cc1N=Nc1c(O)c(C(=O)Oc2ccccc2Cl)cc2ccccc12.O=C(Oc1ccccc1)c1cc2ccccc2c(N=Nc2cc(C(F)(F)F)ccc2Cl)c1O.O=C(Oc1ccccc1)c1cc2ccccc2c(N=Nc2ccccc2Cl)c1O. The van der Waals surface area contributed by atoms with Crippen molar-refractivity contribution in [1.29, 1.82) is 0 Å². The Morgan fingerprint density at radius 2 is 0.659 bits per heavy atom. The number of phenols is 4. The highest BCUT2D eigenvalue weighted by molar-refractivity contribution is 6.33. The van der Waals surface area contributed by atoms with Gasteiger partial charge in [0, 0.05) is 26.6 Å². The van der Waals surface area contributed by atoms with E-state index in [-0.39, 0.29) is 101 Å². The number of hydrogen-bond acceptors (Lipinski definition) is 22. The van der Waals surface area contributed by atoms with Gasteiger partial charge in [0.05, 0.1) is 43.7 Å². The van der Waals surface area contributed by atoms with Gasteiger partial charge < -0.3 is 44.1 Å². The number of para-hydroxylation sites is 3. The van der Waals surface area contributed by atoms with Crippen molar-refractivity contribution in [3.05, 3.63) is 380 Å². The van der Waals surface area contributed by atoms with Crippen LogP contribution in [0.1, 0.15) is 109 Å². The van der Waals surface area contributed by atoms with Crippen molar-refractivity contribution in [3.8, 4) is 46.0 Å². The maximum atomic E-state index is 13.1. The zero-order valence-electron chi connectivity index (χ0n) is 71.1. The minimum atomic E-state index is -4.59. The number of halogens is 7. The number of hydrogen-bond donors (Lipinski definition) is 4. The second-order valence-electron chi connectivity index (χ2n) is 30.6. The fourth-order valence-corrected chi connectivity index (χ4v) is 13.7. The molecule has 16 rings (SSSR count). The Labute approximate surface area is 773 Å². The maximum Gasteiger partial charge on any atom is 0.416 e. The number of benzene rings is 16. The Hall–Kier alpha value is -15.5. The van der Waals surface area contributed by atoms with Crippen LogP contribution in [0.25, 0.3) is 43.1 Å². The van der Waals surface area contributed by atoms with E-state index in [2.05, 4.69) is 61.7 Å². The molecule has 0 heterocycles. The lowest BCUT2D eigenvalue weighted by Crippen LogP contribution is -2.12. The van der Waals surface area contributed by atoms with Gasteiger partial charge in [-0.15, -0.1) is 30.7 Å². The third kappa shape index (κ3) is 23.3. The van der Waals surface area contributed by atoms with Crippen LogP contribution in [0, 0.1) is 13.8 Å². The van der Waals surface area contributed by atoms with Gasteiger partial charge in [-0.05, 0) is 199 Å². The predicted molar refractivity (Wildman–Crippen MR) is 504 cm³/mol. The van der Waals surface area contributed by atoms with E-state index in [1.807, 2.05) is 92.7 Å². The van der Waals surface area contributed by atoms with Gasteiger partial charge in [0.2, 0.25) is 0 Å². The summed E-state index contributed by atoms with van der Waals surface area (Å²) in [5.41, 5.74) is 3.38. The van der Waals surface area contributed by atoms with Crippen LogP contribution in [-0.2, 0) is 16.3 Å². The molecule has 0 fully saturated rings. The molecule has 0 unspecified atom stereocenters. The molecule has 0 amide bonds. The number of phenolic OH excluding ortho intramolecular Hbond substituents is 4. The molecule has 0 bridgehead atoms. The molecule has 0 saturated heterocycles. The van der Waals surface area contributed by atoms with Gasteiger partial charge in [0.15, 0.2) is 23.0 Å². The third-order valence-corrected chi connectivity index (χ3v) is 21.0. The van der Waals surface area contributed by atoms with Gasteiger partial charge in [-0.25, -0.2) is 24.0 Å². The summed E-state index contributed by atoms with van der Waals surface area (Å²) in [4.78, 5) is 63.7. The molecule has 0 radical (unpaired) electrons. The second-order valence-corrected chi connectivity index (χ2v) is 32.2. The summed E-state index contributed by atoms with van der Waals surface area (Å²) in [6.45, 7) is 13.6. The topological polar surface area (TPSA) is 311 Å². The van der Waals surface area contributed by atoms with Crippen molar-refractivity contribution in [2.45, 2.75) is 66.2 Å². The number of rotatable bonds is 18. The van der Waals surface area contributed by atoms with Crippen molar-refractivity contribution < 1.29 is 81.3 Å². The van der Waals surface area contributed by atoms with E-state index in [0.29, 0.717) is 81.9 Å². The molecule has 4 N–H and O–H groups in total. The fraction of sp³-hybridized carbons (Fsp3) is 0.0971. The number of alkyl halides is 3. The number of carbonyl (C=O) groups is 5. The summed E-state index contributed by atoms with van der Waals surface area (Å²) >= 11 is 24.3. The molecule has 0 aromatic heterocycles. The quantitative estimate of drug-likeness (QED) is 0.0353. The minimum Gasteiger partial charge on any atom is -0.505 e. The number of aryl methyl sites for hydroxylation is 2. The van der Waals surface area contributed by atoms with Gasteiger partial charge >= 0.3 is 36.0 Å². The van der Waals surface area contributed by atoms with Gasteiger partial charge in [-0.1, -0.05) is 249 Å². The van der Waals surface area contributed by atoms with Crippen LogP contribution in [0.4, 0.5) is 58.7 Å². The Morgan fingerprint density at radius 3 is 1.07 bits per heavy atom. The molecule has 0 saturated carbocycles. The largest absolute Gasteiger partial charge is 0.505 e. The number of nitrogens with zero attached hydrogens (tertiary/aromatic N) is 8. The van der Waals surface area contributed by atoms with Gasteiger partial charge in [-0.2, -0.15) is 23.4 Å². The van der Waals surface area contributed by atoms with Gasteiger partial charge in [0.1, 0.15) is 79.4 Å². The van der Waals surface area contributed by atoms with E-state index in [0.717, 1.165) is 40.3 Å². The Morgan fingerprint density at radius 1 is 0.318 bits per heavy atom. The van der Waals surface area contributed by atoms with E-state index >= 15 is 0 Å². The number of ether oxygens (including phenoxy) is 5. The predicted octanol–water partition coefficient (Wildman–Crippen LogP) is 30.8. The number of fused-ring (bicyclic) bond motifs is 4. The van der Waals surface area contributed by atoms with E-state index in [9.17, 15) is 57.6 Å². The lowest BCUT2D eigenvalue weighted by Gasteiger charge is -2.19. The van der Waals surface area contributed by atoms with Gasteiger partial charge in [-0.3, -0.25) is 0 Å². The van der Waals surface area contributed by atoms with Crippen molar-refractivity contribution in [2.24, 2.45) is 40.9 Å². The molecule has 662 valence electrons. The molecular formula is C103H77Cl4F3N8O14. The summed E-state index contributed by atoms with van der Waals surface area (Å²) in [6.07, 6.45) is -4.85. The van der Waals surface area contributed by atoms with Crippen molar-refractivity contribution in [3.63, 3.8) is 0 Å². The van der Waals surface area contributed by atoms with Crippen molar-refractivity contribution in [2.75, 3.05) is 0 Å². The smallest absolute Gasteiger partial charge is 0.416 e. The average Bonchev–Trinajstić information content (AvgIpc) is 0.789. The van der Waals surface area contributed by atoms with Crippen LogP contribution in [0.5, 0.6) is 46.0 Å². The maximum absolute atomic E-state index is 13.1. The summed E-state index contributed by atoms with van der Waals surface area (Å²) in [7, 11) is 0. The number of carbonyl (C=O) groups excluding carboxylic acids is 5. The Balaban J connectivity index is 0.000000150. The monoisotopic (exact) mass is 1850 g/mol.